The molecule has 2 atom stereocenters. The average Bonchev–Trinajstić information content (AvgIpc) is 2.36. The van der Waals surface area contributed by atoms with E-state index < -0.39 is 36.2 Å². The van der Waals surface area contributed by atoms with E-state index in [9.17, 15) is 0 Å². The van der Waals surface area contributed by atoms with E-state index in [0.29, 0.717) is 13.2 Å². The van der Waals surface area contributed by atoms with Gasteiger partial charge in [0.1, 0.15) is 0 Å². The summed E-state index contributed by atoms with van der Waals surface area (Å²) in [6.07, 6.45) is 4.12. The first-order valence-corrected chi connectivity index (χ1v) is 16.1. The van der Waals surface area contributed by atoms with Crippen LogP contribution in [0.25, 0.3) is 0 Å². The third kappa shape index (κ3) is 7.46. The molecule has 1 saturated heterocycles. The van der Waals surface area contributed by atoms with Crippen LogP contribution in [-0.2, 0) is 25.3 Å². The molecule has 1 fully saturated rings. The summed E-state index contributed by atoms with van der Waals surface area (Å²) in [5.74, 6) is 0. The van der Waals surface area contributed by atoms with Crippen molar-refractivity contribution < 1.29 is 25.3 Å². The largest absolute Gasteiger partial charge is 0.481 e. The zero-order valence-corrected chi connectivity index (χ0v) is 18.7. The van der Waals surface area contributed by atoms with Crippen molar-refractivity contribution in [2.24, 2.45) is 0 Å². The van der Waals surface area contributed by atoms with Crippen molar-refractivity contribution in [3.63, 3.8) is 0 Å². The molecule has 0 aromatic carbocycles. The Bertz CT molecular complexity index is 298. The molecule has 2 unspecified atom stereocenters. The summed E-state index contributed by atoms with van der Waals surface area (Å²) < 4.78 is 36.2. The molecule has 1 heterocycles. The van der Waals surface area contributed by atoms with E-state index in [4.69, 9.17) is 25.3 Å². The van der Waals surface area contributed by atoms with Crippen molar-refractivity contribution >= 4 is 36.2 Å². The van der Waals surface area contributed by atoms with Gasteiger partial charge in [0.05, 0.1) is 0 Å². The molecule has 10 heteroatoms. The van der Waals surface area contributed by atoms with Crippen LogP contribution in [0.1, 0.15) is 39.5 Å². The van der Waals surface area contributed by atoms with Gasteiger partial charge in [-0.15, -0.1) is 0 Å². The quantitative estimate of drug-likeness (QED) is 0.475. The molecular formula is C12H30O6Si4. The third-order valence-electron chi connectivity index (χ3n) is 3.04. The maximum Gasteiger partial charge on any atom is 0.481 e. The van der Waals surface area contributed by atoms with Crippen LogP contribution < -0.4 is 0 Å². The van der Waals surface area contributed by atoms with Crippen LogP contribution in [0.3, 0.4) is 0 Å². The lowest BCUT2D eigenvalue weighted by atomic mass is 10.4. The molecule has 0 aliphatic carbocycles. The summed E-state index contributed by atoms with van der Waals surface area (Å²) in [7, 11) is -8.43. The molecule has 0 spiro atoms. The molecule has 6 nitrogen and oxygen atoms in total. The average molecular weight is 383 g/mol. The van der Waals surface area contributed by atoms with Crippen LogP contribution in [0.15, 0.2) is 0 Å². The van der Waals surface area contributed by atoms with Crippen molar-refractivity contribution in [1.29, 1.82) is 0 Å². The molecule has 2 radical (unpaired) electrons. The molecule has 0 amide bonds. The topological polar surface area (TPSA) is 55.4 Å². The normalized spacial score (nSPS) is 31.9. The van der Waals surface area contributed by atoms with E-state index >= 15 is 0 Å². The van der Waals surface area contributed by atoms with Gasteiger partial charge in [-0.2, -0.15) is 0 Å². The van der Waals surface area contributed by atoms with Gasteiger partial charge in [-0.3, -0.25) is 0 Å². The first-order valence-electron chi connectivity index (χ1n) is 8.03. The minimum atomic E-state index is -2.80. The fourth-order valence-corrected chi connectivity index (χ4v) is 14.7. The minimum absolute atomic E-state index is 0.637. The minimum Gasteiger partial charge on any atom is -0.414 e. The summed E-state index contributed by atoms with van der Waals surface area (Å²) >= 11 is 0. The van der Waals surface area contributed by atoms with Crippen molar-refractivity contribution in [3.8, 4) is 0 Å². The summed E-state index contributed by atoms with van der Waals surface area (Å²) in [4.78, 5) is 0. The van der Waals surface area contributed by atoms with Gasteiger partial charge in [-0.1, -0.05) is 26.7 Å². The maximum absolute atomic E-state index is 6.26. The maximum atomic E-state index is 6.26. The highest BCUT2D eigenvalue weighted by molar-refractivity contribution is 6.82. The van der Waals surface area contributed by atoms with E-state index in [1.165, 1.54) is 0 Å². The highest BCUT2D eigenvalue weighted by Crippen LogP contribution is 2.24. The van der Waals surface area contributed by atoms with Crippen LogP contribution in [0.4, 0.5) is 0 Å². The molecule has 22 heavy (non-hydrogen) atoms. The van der Waals surface area contributed by atoms with Crippen LogP contribution in [0.5, 0.6) is 0 Å². The first-order chi connectivity index (χ1) is 10.3. The number of rotatable bonds is 8. The second kappa shape index (κ2) is 9.81. The number of hydrogen-bond donors (Lipinski definition) is 0. The predicted octanol–water partition coefficient (Wildman–Crippen LogP) is 3.07. The third-order valence-corrected chi connectivity index (χ3v) is 15.0. The van der Waals surface area contributed by atoms with Crippen LogP contribution in [0.2, 0.25) is 26.2 Å². The Morgan fingerprint density at radius 1 is 0.818 bits per heavy atom. The highest BCUT2D eigenvalue weighted by Gasteiger charge is 2.52. The summed E-state index contributed by atoms with van der Waals surface area (Å²) in [6.45, 7) is 13.3. The second-order valence-corrected chi connectivity index (χ2v) is 14.8. The van der Waals surface area contributed by atoms with E-state index in [-0.39, 0.29) is 0 Å². The van der Waals surface area contributed by atoms with Gasteiger partial charge < -0.3 is 25.3 Å². The van der Waals surface area contributed by atoms with Gasteiger partial charge >= 0.3 is 36.2 Å². The van der Waals surface area contributed by atoms with Crippen LogP contribution in [-0.4, -0.2) is 49.4 Å². The van der Waals surface area contributed by atoms with Crippen molar-refractivity contribution in [1.82, 2.24) is 0 Å². The molecule has 0 bridgehead atoms. The Labute approximate surface area is 140 Å². The van der Waals surface area contributed by atoms with E-state index in [1.807, 2.05) is 26.2 Å². The van der Waals surface area contributed by atoms with E-state index in [1.54, 1.807) is 0 Å². The SMILES string of the molecule is CCCCO[Si]1(C)O[Si](C)O[Si](C)O[Si](C)(OCCCC)O1. The molecule has 130 valence electrons. The first kappa shape index (κ1) is 20.7. The molecule has 1 aliphatic rings. The van der Waals surface area contributed by atoms with Gasteiger partial charge in [-0.05, 0) is 25.9 Å². The zero-order valence-electron chi connectivity index (χ0n) is 14.7. The zero-order chi connectivity index (χ0) is 16.6. The summed E-state index contributed by atoms with van der Waals surface area (Å²) in [5.41, 5.74) is 0. The number of hydrogen-bond acceptors (Lipinski definition) is 6. The Balaban J connectivity index is 2.76. The van der Waals surface area contributed by atoms with E-state index in [2.05, 4.69) is 13.8 Å². The van der Waals surface area contributed by atoms with Gasteiger partial charge in [0, 0.05) is 26.3 Å². The molecule has 0 saturated carbocycles. The second-order valence-electron chi connectivity index (χ2n) is 5.52. The fourth-order valence-electron chi connectivity index (χ4n) is 2.07. The lowest BCUT2D eigenvalue weighted by Gasteiger charge is -2.39. The lowest BCUT2D eigenvalue weighted by molar-refractivity contribution is 0.0855. The lowest BCUT2D eigenvalue weighted by Crippen LogP contribution is -2.62. The molecule has 0 aromatic rings. The molecule has 1 aliphatic heterocycles. The number of unbranched alkanes of at least 4 members (excludes halogenated alkanes) is 2. The fraction of sp³-hybridized carbons (Fsp3) is 1.00. The molecule has 0 N–H and O–H groups in total. The smallest absolute Gasteiger partial charge is 0.414 e. The monoisotopic (exact) mass is 382 g/mol. The van der Waals surface area contributed by atoms with Crippen molar-refractivity contribution in [3.05, 3.63) is 0 Å². The Hall–Kier alpha value is 0.628. The van der Waals surface area contributed by atoms with Crippen molar-refractivity contribution in [2.75, 3.05) is 13.2 Å². The summed E-state index contributed by atoms with van der Waals surface area (Å²) in [5, 5.41) is 0. The van der Waals surface area contributed by atoms with Crippen LogP contribution >= 0.6 is 0 Å². The molecule has 1 rings (SSSR count). The molecule has 0 aromatic heterocycles. The Kier molecular flexibility index (Phi) is 9.22. The highest BCUT2D eigenvalue weighted by atomic mass is 28.5. The van der Waals surface area contributed by atoms with Gasteiger partial charge in [-0.25, -0.2) is 0 Å². The van der Waals surface area contributed by atoms with E-state index in [0.717, 1.165) is 25.7 Å². The van der Waals surface area contributed by atoms with Gasteiger partial charge in [0.2, 0.25) is 0 Å². The van der Waals surface area contributed by atoms with Gasteiger partial charge in [0.15, 0.2) is 0 Å². The Morgan fingerprint density at radius 3 is 1.59 bits per heavy atom. The van der Waals surface area contributed by atoms with Crippen LogP contribution in [0, 0.1) is 0 Å². The Morgan fingerprint density at radius 2 is 1.23 bits per heavy atom. The van der Waals surface area contributed by atoms with Gasteiger partial charge in [0.25, 0.3) is 0 Å². The standard InChI is InChI=1S/C12H30O6Si4/c1-7-9-11-13-21(5)16-19(3)15-20(4)17-22(6,18-21)14-12-10-8-2/h7-12H2,1-6H3. The summed E-state index contributed by atoms with van der Waals surface area (Å²) in [6, 6.07) is 0. The molecular weight excluding hydrogens is 352 g/mol. The predicted molar refractivity (Wildman–Crippen MR) is 92.5 cm³/mol. The van der Waals surface area contributed by atoms with Crippen molar-refractivity contribution in [2.45, 2.75) is 65.7 Å².